The minimum Gasteiger partial charge on any atom is -0.484 e. The van der Waals surface area contributed by atoms with Gasteiger partial charge in [0.15, 0.2) is 13.2 Å². The first kappa shape index (κ1) is 20.6. The first-order valence-electron chi connectivity index (χ1n) is 7.75. The van der Waals surface area contributed by atoms with E-state index in [1.54, 1.807) is 60.3 Å². The molecule has 0 radical (unpaired) electrons. The smallest absolute Gasteiger partial charge is 0.338 e. The van der Waals surface area contributed by atoms with Crippen LogP contribution in [0.2, 0.25) is 5.02 Å². The fourth-order valence-electron chi connectivity index (χ4n) is 1.83. The number of hydrogen-bond acceptors (Lipinski definition) is 6. The molecule has 0 bridgehead atoms. The molecule has 0 aliphatic carbocycles. The summed E-state index contributed by atoms with van der Waals surface area (Å²) >= 11 is 7.29. The molecule has 2 amide bonds. The van der Waals surface area contributed by atoms with Gasteiger partial charge in [-0.2, -0.15) is 0 Å². The average molecular weight is 409 g/mol. The normalized spacial score (nSPS) is 10.0. The zero-order chi connectivity index (χ0) is 19.6. The number of esters is 1. The van der Waals surface area contributed by atoms with Crippen LogP contribution in [0.15, 0.2) is 53.4 Å². The molecule has 0 fully saturated rings. The highest BCUT2D eigenvalue weighted by atomic mass is 35.5. The van der Waals surface area contributed by atoms with Gasteiger partial charge in [-0.25, -0.2) is 4.79 Å². The minimum atomic E-state index is -0.677. The molecule has 7 nitrogen and oxygen atoms in total. The van der Waals surface area contributed by atoms with Crippen molar-refractivity contribution in [3.63, 3.8) is 0 Å². The standard InChI is InChI=1S/C18H17ClN2O5S/c1-27-15-8-2-12(3-9-15)18(24)26-11-17(23)21-20-16(22)10-25-14-6-4-13(19)5-7-14/h2-9H,10-11H2,1H3,(H,20,22)(H,21,23). The Bertz CT molecular complexity index is 796. The highest BCUT2D eigenvalue weighted by Crippen LogP contribution is 2.16. The number of carbonyl (C=O) groups is 3. The zero-order valence-electron chi connectivity index (χ0n) is 14.4. The summed E-state index contributed by atoms with van der Waals surface area (Å²) in [7, 11) is 0. The molecule has 0 saturated carbocycles. The van der Waals surface area contributed by atoms with Crippen LogP contribution in [0.1, 0.15) is 10.4 Å². The highest BCUT2D eigenvalue weighted by Gasteiger charge is 2.11. The van der Waals surface area contributed by atoms with Crippen molar-refractivity contribution in [2.75, 3.05) is 19.5 Å². The fraction of sp³-hybridized carbons (Fsp3) is 0.167. The Kier molecular flexibility index (Phi) is 7.97. The van der Waals surface area contributed by atoms with Gasteiger partial charge in [0.05, 0.1) is 5.56 Å². The summed E-state index contributed by atoms with van der Waals surface area (Å²) in [6.45, 7) is -0.828. The molecular weight excluding hydrogens is 392 g/mol. The van der Waals surface area contributed by atoms with Crippen molar-refractivity contribution in [1.82, 2.24) is 10.9 Å². The maximum absolute atomic E-state index is 11.8. The van der Waals surface area contributed by atoms with Crippen LogP contribution in [0.25, 0.3) is 0 Å². The predicted molar refractivity (Wildman–Crippen MR) is 102 cm³/mol. The molecule has 9 heteroatoms. The van der Waals surface area contributed by atoms with E-state index in [9.17, 15) is 14.4 Å². The van der Waals surface area contributed by atoms with Crippen molar-refractivity contribution >= 4 is 41.1 Å². The lowest BCUT2D eigenvalue weighted by atomic mass is 10.2. The van der Waals surface area contributed by atoms with Crippen molar-refractivity contribution in [3.05, 3.63) is 59.1 Å². The Morgan fingerprint density at radius 1 is 0.926 bits per heavy atom. The van der Waals surface area contributed by atoms with Gasteiger partial charge in [-0.15, -0.1) is 11.8 Å². The Hall–Kier alpha value is -2.71. The third kappa shape index (κ3) is 7.20. The van der Waals surface area contributed by atoms with Crippen LogP contribution in [-0.2, 0) is 14.3 Å². The van der Waals surface area contributed by atoms with Crippen LogP contribution in [0.5, 0.6) is 5.75 Å². The van der Waals surface area contributed by atoms with Crippen LogP contribution in [0, 0.1) is 0 Å². The number of rotatable bonds is 7. The molecule has 0 aliphatic heterocycles. The predicted octanol–water partition coefficient (Wildman–Crippen LogP) is 2.45. The maximum Gasteiger partial charge on any atom is 0.338 e. The fourth-order valence-corrected chi connectivity index (χ4v) is 2.37. The van der Waals surface area contributed by atoms with Gasteiger partial charge in [0.25, 0.3) is 11.8 Å². The second kappa shape index (κ2) is 10.4. The number of thioether (sulfide) groups is 1. The largest absolute Gasteiger partial charge is 0.484 e. The first-order chi connectivity index (χ1) is 13.0. The molecule has 27 heavy (non-hydrogen) atoms. The van der Waals surface area contributed by atoms with Crippen LogP contribution < -0.4 is 15.6 Å². The number of halogens is 1. The van der Waals surface area contributed by atoms with Gasteiger partial charge in [0, 0.05) is 9.92 Å². The first-order valence-corrected chi connectivity index (χ1v) is 9.35. The molecule has 2 N–H and O–H groups in total. The van der Waals surface area contributed by atoms with E-state index in [0.717, 1.165) is 4.90 Å². The molecule has 0 spiro atoms. The van der Waals surface area contributed by atoms with E-state index in [2.05, 4.69) is 10.9 Å². The lowest BCUT2D eigenvalue weighted by molar-refractivity contribution is -0.131. The SMILES string of the molecule is CSc1ccc(C(=O)OCC(=O)NNC(=O)COc2ccc(Cl)cc2)cc1. The minimum absolute atomic E-state index is 0.302. The molecule has 142 valence electrons. The third-order valence-corrected chi connectivity index (χ3v) is 4.18. The summed E-state index contributed by atoms with van der Waals surface area (Å²) in [6, 6.07) is 13.3. The number of nitrogens with one attached hydrogen (secondary N) is 2. The van der Waals surface area contributed by atoms with Gasteiger partial charge in [-0.05, 0) is 54.8 Å². The Balaban J connectivity index is 1.66. The van der Waals surface area contributed by atoms with E-state index in [4.69, 9.17) is 21.1 Å². The van der Waals surface area contributed by atoms with Gasteiger partial charge in [0.2, 0.25) is 0 Å². The van der Waals surface area contributed by atoms with E-state index in [-0.39, 0.29) is 6.61 Å². The lowest BCUT2D eigenvalue weighted by Gasteiger charge is -2.09. The molecular formula is C18H17ClN2O5S. The lowest BCUT2D eigenvalue weighted by Crippen LogP contribution is -2.45. The van der Waals surface area contributed by atoms with Crippen molar-refractivity contribution in [1.29, 1.82) is 0 Å². The number of carbonyl (C=O) groups excluding carboxylic acids is 3. The van der Waals surface area contributed by atoms with Gasteiger partial charge >= 0.3 is 5.97 Å². The molecule has 0 aromatic heterocycles. The highest BCUT2D eigenvalue weighted by molar-refractivity contribution is 7.98. The topological polar surface area (TPSA) is 93.7 Å². The molecule has 0 aliphatic rings. The van der Waals surface area contributed by atoms with E-state index in [1.165, 1.54) is 0 Å². The van der Waals surface area contributed by atoms with Crippen LogP contribution in [0.3, 0.4) is 0 Å². The Morgan fingerprint density at radius 3 is 2.11 bits per heavy atom. The summed E-state index contributed by atoms with van der Waals surface area (Å²) in [5.74, 6) is -1.42. The maximum atomic E-state index is 11.8. The summed E-state index contributed by atoms with van der Waals surface area (Å²) in [5.41, 5.74) is 4.63. The summed E-state index contributed by atoms with van der Waals surface area (Å²) < 4.78 is 10.1. The average Bonchev–Trinajstić information content (AvgIpc) is 2.70. The molecule has 2 aromatic rings. The molecule has 0 saturated heterocycles. The number of amides is 2. The Labute approximate surface area is 165 Å². The molecule has 2 aromatic carbocycles. The second-order valence-corrected chi connectivity index (χ2v) is 6.46. The quantitative estimate of drug-likeness (QED) is 0.415. The number of ether oxygens (including phenoxy) is 2. The van der Waals surface area contributed by atoms with Crippen LogP contribution in [0.4, 0.5) is 0 Å². The van der Waals surface area contributed by atoms with E-state index in [0.29, 0.717) is 16.3 Å². The monoisotopic (exact) mass is 408 g/mol. The third-order valence-electron chi connectivity index (χ3n) is 3.18. The van der Waals surface area contributed by atoms with Crippen molar-refractivity contribution in [2.24, 2.45) is 0 Å². The number of benzene rings is 2. The zero-order valence-corrected chi connectivity index (χ0v) is 15.9. The van der Waals surface area contributed by atoms with Crippen LogP contribution in [-0.4, -0.2) is 37.3 Å². The molecule has 0 heterocycles. The van der Waals surface area contributed by atoms with Crippen molar-refractivity contribution in [2.45, 2.75) is 4.90 Å². The number of hydrazine groups is 1. The van der Waals surface area contributed by atoms with E-state index < -0.39 is 24.4 Å². The van der Waals surface area contributed by atoms with E-state index >= 15 is 0 Å². The summed E-state index contributed by atoms with van der Waals surface area (Å²) in [4.78, 5) is 36.1. The van der Waals surface area contributed by atoms with Crippen molar-refractivity contribution < 1.29 is 23.9 Å². The van der Waals surface area contributed by atoms with Gasteiger partial charge in [-0.3, -0.25) is 20.4 Å². The van der Waals surface area contributed by atoms with E-state index in [1.807, 2.05) is 6.26 Å². The molecule has 2 rings (SSSR count). The Morgan fingerprint density at radius 2 is 1.52 bits per heavy atom. The van der Waals surface area contributed by atoms with Gasteiger partial charge < -0.3 is 9.47 Å². The number of hydrogen-bond donors (Lipinski definition) is 2. The van der Waals surface area contributed by atoms with Crippen molar-refractivity contribution in [3.8, 4) is 5.75 Å². The molecule has 0 unspecified atom stereocenters. The summed E-state index contributed by atoms with van der Waals surface area (Å²) in [6.07, 6.45) is 1.92. The van der Waals surface area contributed by atoms with Gasteiger partial charge in [-0.1, -0.05) is 11.6 Å². The van der Waals surface area contributed by atoms with Gasteiger partial charge in [0.1, 0.15) is 5.75 Å². The second-order valence-electron chi connectivity index (χ2n) is 5.14. The molecule has 0 atom stereocenters. The summed E-state index contributed by atoms with van der Waals surface area (Å²) in [5, 5.41) is 0.550. The van der Waals surface area contributed by atoms with Crippen LogP contribution >= 0.6 is 23.4 Å².